The van der Waals surface area contributed by atoms with E-state index >= 15 is 0 Å². The lowest BCUT2D eigenvalue weighted by Gasteiger charge is -2.01. The molecule has 0 unspecified atom stereocenters. The second-order valence-corrected chi connectivity index (χ2v) is 5.78. The first kappa shape index (κ1) is 13.9. The summed E-state index contributed by atoms with van der Waals surface area (Å²) in [6, 6.07) is 7.17. The van der Waals surface area contributed by atoms with Crippen molar-refractivity contribution in [2.24, 2.45) is 0 Å². The number of carboxylic acid groups (broad SMARTS) is 1. The first-order valence-electron chi connectivity index (χ1n) is 5.28. The summed E-state index contributed by atoms with van der Waals surface area (Å²) in [5.74, 6) is -1.20. The van der Waals surface area contributed by atoms with Crippen molar-refractivity contribution in [2.75, 3.05) is 5.32 Å². The number of halogens is 1. The molecule has 7 heteroatoms. The van der Waals surface area contributed by atoms with Gasteiger partial charge in [-0.15, -0.1) is 11.3 Å². The summed E-state index contributed by atoms with van der Waals surface area (Å²) in [5.41, 5.74) is 0.984. The van der Waals surface area contributed by atoms with Crippen LogP contribution < -0.4 is 5.32 Å². The lowest BCUT2D eigenvalue weighted by molar-refractivity contribution is -0.136. The molecular weight excluding hydrogens is 379 g/mol. The zero-order valence-corrected chi connectivity index (χ0v) is 12.6. The number of carbonyl (C=O) groups excluding carboxylic acids is 1. The molecule has 2 N–H and O–H groups in total. The Morgan fingerprint density at radius 1 is 1.42 bits per heavy atom. The second-order valence-electron chi connectivity index (χ2n) is 3.68. The fraction of sp³-hybridized carbons (Fsp3) is 0.0833. The molecule has 0 aliphatic carbocycles. The predicted octanol–water partition coefficient (Wildman–Crippen LogP) is 2.63. The van der Waals surface area contributed by atoms with Crippen molar-refractivity contribution < 1.29 is 14.7 Å². The van der Waals surface area contributed by atoms with Crippen molar-refractivity contribution in [3.63, 3.8) is 0 Å². The molecule has 1 heterocycles. The van der Waals surface area contributed by atoms with Gasteiger partial charge in [0.05, 0.1) is 12.1 Å². The van der Waals surface area contributed by atoms with E-state index in [1.807, 2.05) is 6.07 Å². The van der Waals surface area contributed by atoms with E-state index in [9.17, 15) is 9.59 Å². The minimum absolute atomic E-state index is 0.143. The predicted molar refractivity (Wildman–Crippen MR) is 80.6 cm³/mol. The van der Waals surface area contributed by atoms with Crippen LogP contribution in [0.2, 0.25) is 0 Å². The fourth-order valence-corrected chi connectivity index (χ4v) is 2.65. The maximum absolute atomic E-state index is 11.9. The van der Waals surface area contributed by atoms with Gasteiger partial charge in [0.25, 0.3) is 5.91 Å². The van der Waals surface area contributed by atoms with Crippen LogP contribution in [0, 0.1) is 3.57 Å². The van der Waals surface area contributed by atoms with Crippen molar-refractivity contribution in [1.29, 1.82) is 0 Å². The molecule has 1 amide bonds. The highest BCUT2D eigenvalue weighted by atomic mass is 127. The van der Waals surface area contributed by atoms with Crippen LogP contribution in [0.4, 0.5) is 5.13 Å². The van der Waals surface area contributed by atoms with Gasteiger partial charge < -0.3 is 5.11 Å². The Morgan fingerprint density at radius 2 is 2.21 bits per heavy atom. The van der Waals surface area contributed by atoms with Gasteiger partial charge in [-0.05, 0) is 40.8 Å². The van der Waals surface area contributed by atoms with Crippen molar-refractivity contribution in [1.82, 2.24) is 4.98 Å². The lowest BCUT2D eigenvalue weighted by atomic mass is 10.2. The number of hydrogen-bond donors (Lipinski definition) is 2. The molecule has 98 valence electrons. The standard InChI is InChI=1S/C12H9IN2O3S/c13-8-3-1-2-7(4-8)11(18)15-12-14-9(6-19-12)5-10(16)17/h1-4,6H,5H2,(H,16,17)(H,14,15,18). The SMILES string of the molecule is O=C(O)Cc1csc(NC(=O)c2cccc(I)c2)n1. The van der Waals surface area contributed by atoms with E-state index in [1.54, 1.807) is 23.6 Å². The van der Waals surface area contributed by atoms with Gasteiger partial charge in [0.2, 0.25) is 0 Å². The zero-order chi connectivity index (χ0) is 13.8. The number of hydrogen-bond acceptors (Lipinski definition) is 4. The summed E-state index contributed by atoms with van der Waals surface area (Å²) < 4.78 is 0.968. The maximum Gasteiger partial charge on any atom is 0.309 e. The number of aliphatic carboxylic acids is 1. The van der Waals surface area contributed by atoms with Gasteiger partial charge in [0.15, 0.2) is 5.13 Å². The van der Waals surface area contributed by atoms with E-state index in [0.29, 0.717) is 16.4 Å². The second kappa shape index (κ2) is 6.11. The first-order chi connectivity index (χ1) is 9.04. The van der Waals surface area contributed by atoms with Gasteiger partial charge in [0.1, 0.15) is 0 Å². The smallest absolute Gasteiger partial charge is 0.309 e. The molecule has 0 fully saturated rings. The number of carbonyl (C=O) groups is 2. The summed E-state index contributed by atoms with van der Waals surface area (Å²) in [4.78, 5) is 26.5. The molecule has 0 bridgehead atoms. The highest BCUT2D eigenvalue weighted by molar-refractivity contribution is 14.1. The van der Waals surface area contributed by atoms with E-state index in [-0.39, 0.29) is 12.3 Å². The molecule has 2 aromatic rings. The molecule has 0 atom stereocenters. The highest BCUT2D eigenvalue weighted by Crippen LogP contribution is 2.17. The Morgan fingerprint density at radius 3 is 2.89 bits per heavy atom. The van der Waals surface area contributed by atoms with Crippen molar-refractivity contribution in [2.45, 2.75) is 6.42 Å². The third kappa shape index (κ3) is 4.00. The Balaban J connectivity index is 2.06. The molecule has 0 saturated heterocycles. The molecule has 0 radical (unpaired) electrons. The van der Waals surface area contributed by atoms with E-state index in [0.717, 1.165) is 3.57 Å². The molecular formula is C12H9IN2O3S. The number of carboxylic acids is 1. The van der Waals surface area contributed by atoms with Crippen LogP contribution >= 0.6 is 33.9 Å². The quantitative estimate of drug-likeness (QED) is 0.790. The number of thiazole rings is 1. The number of benzene rings is 1. The Hall–Kier alpha value is -1.48. The van der Waals surface area contributed by atoms with Gasteiger partial charge in [-0.1, -0.05) is 6.07 Å². The summed E-state index contributed by atoms with van der Waals surface area (Å²) in [7, 11) is 0. The third-order valence-electron chi connectivity index (χ3n) is 2.19. The minimum atomic E-state index is -0.944. The highest BCUT2D eigenvalue weighted by Gasteiger charge is 2.10. The van der Waals surface area contributed by atoms with Crippen LogP contribution in [0.25, 0.3) is 0 Å². The average Bonchev–Trinajstić information content (AvgIpc) is 2.75. The van der Waals surface area contributed by atoms with Crippen LogP contribution in [0.15, 0.2) is 29.6 Å². The van der Waals surface area contributed by atoms with Crippen molar-refractivity contribution in [3.8, 4) is 0 Å². The molecule has 0 aliphatic rings. The molecule has 1 aromatic carbocycles. The number of aromatic nitrogens is 1. The number of anilines is 1. The first-order valence-corrected chi connectivity index (χ1v) is 7.23. The minimum Gasteiger partial charge on any atom is -0.481 e. The van der Waals surface area contributed by atoms with Crippen LogP contribution in [0.5, 0.6) is 0 Å². The van der Waals surface area contributed by atoms with Gasteiger partial charge >= 0.3 is 5.97 Å². The largest absolute Gasteiger partial charge is 0.481 e. The molecule has 1 aromatic heterocycles. The van der Waals surface area contributed by atoms with Crippen LogP contribution in [-0.4, -0.2) is 22.0 Å². The third-order valence-corrected chi connectivity index (χ3v) is 3.67. The number of rotatable bonds is 4. The number of amides is 1. The van der Waals surface area contributed by atoms with Gasteiger partial charge in [0, 0.05) is 14.5 Å². The summed E-state index contributed by atoms with van der Waals surface area (Å²) >= 11 is 3.34. The molecule has 19 heavy (non-hydrogen) atoms. The summed E-state index contributed by atoms with van der Waals surface area (Å²) in [6.45, 7) is 0. The Bertz CT molecular complexity index is 627. The van der Waals surface area contributed by atoms with Gasteiger partial charge in [-0.25, -0.2) is 4.98 Å². The van der Waals surface area contributed by atoms with Crippen molar-refractivity contribution in [3.05, 3.63) is 44.5 Å². The molecule has 0 spiro atoms. The normalized spacial score (nSPS) is 10.2. The Kier molecular flexibility index (Phi) is 4.48. The van der Waals surface area contributed by atoms with Crippen LogP contribution in [0.3, 0.4) is 0 Å². The molecule has 0 aliphatic heterocycles. The van der Waals surface area contributed by atoms with Gasteiger partial charge in [-0.2, -0.15) is 0 Å². The number of nitrogens with zero attached hydrogens (tertiary/aromatic N) is 1. The molecule has 5 nitrogen and oxygen atoms in total. The average molecular weight is 388 g/mol. The van der Waals surface area contributed by atoms with E-state index < -0.39 is 5.97 Å². The van der Waals surface area contributed by atoms with Gasteiger partial charge in [-0.3, -0.25) is 14.9 Å². The van der Waals surface area contributed by atoms with Crippen LogP contribution in [0.1, 0.15) is 16.1 Å². The van der Waals surface area contributed by atoms with E-state index in [4.69, 9.17) is 5.11 Å². The molecule has 2 rings (SSSR count). The fourth-order valence-electron chi connectivity index (χ4n) is 1.40. The Labute approximate surface area is 126 Å². The summed E-state index contributed by atoms with van der Waals surface area (Å²) in [5, 5.41) is 13.3. The van der Waals surface area contributed by atoms with E-state index in [2.05, 4.69) is 32.9 Å². The van der Waals surface area contributed by atoms with E-state index in [1.165, 1.54) is 11.3 Å². The van der Waals surface area contributed by atoms with Crippen molar-refractivity contribution >= 4 is 50.9 Å². The van der Waals surface area contributed by atoms with Crippen LogP contribution in [-0.2, 0) is 11.2 Å². The molecule has 0 saturated carbocycles. The number of nitrogens with one attached hydrogen (secondary N) is 1. The zero-order valence-electron chi connectivity index (χ0n) is 9.59. The maximum atomic E-state index is 11.9. The topological polar surface area (TPSA) is 79.3 Å². The lowest BCUT2D eigenvalue weighted by Crippen LogP contribution is -2.12. The monoisotopic (exact) mass is 388 g/mol. The summed E-state index contributed by atoms with van der Waals surface area (Å²) in [6.07, 6.45) is -0.143.